The number of fused-ring (bicyclic) bond motifs is 1. The van der Waals surface area contributed by atoms with Gasteiger partial charge in [-0.1, -0.05) is 26.0 Å². The standard InChI is InChI=1S/C31H36N6O4/c1-5-40-30(38)29(21(2)3)37-15-24(14-32-37)36-18-31(19-36)16-35(17-31)23-10-11-26-22(12-23)13-27(34-33-26)25-8-6-7-9-28(25)41-20-39-4/h6-15,21,29H,5,16-20H2,1-4H3. The number of ether oxygens (including phenoxy) is 3. The minimum atomic E-state index is -0.414. The van der Waals surface area contributed by atoms with Crippen LogP contribution in [-0.4, -0.2) is 72.6 Å². The first kappa shape index (κ1) is 27.0. The zero-order valence-electron chi connectivity index (χ0n) is 24.0. The third kappa shape index (κ3) is 5.19. The van der Waals surface area contributed by atoms with E-state index in [1.54, 1.807) is 11.8 Å². The van der Waals surface area contributed by atoms with Gasteiger partial charge in [0.2, 0.25) is 0 Å². The molecule has 0 amide bonds. The van der Waals surface area contributed by atoms with Gasteiger partial charge >= 0.3 is 5.97 Å². The first-order valence-corrected chi connectivity index (χ1v) is 14.1. The molecular formula is C31H36N6O4. The zero-order valence-corrected chi connectivity index (χ0v) is 24.0. The van der Waals surface area contributed by atoms with Gasteiger partial charge in [0.1, 0.15) is 5.75 Å². The maximum Gasteiger partial charge on any atom is 0.331 e. The van der Waals surface area contributed by atoms with Crippen molar-refractivity contribution in [2.24, 2.45) is 11.3 Å². The number of benzene rings is 2. The number of esters is 1. The lowest BCUT2D eigenvalue weighted by Gasteiger charge is -2.61. The molecule has 10 nitrogen and oxygen atoms in total. The number of hydrogen-bond donors (Lipinski definition) is 0. The van der Waals surface area contributed by atoms with Gasteiger partial charge in [0.15, 0.2) is 12.8 Å². The van der Waals surface area contributed by atoms with Gasteiger partial charge in [0.05, 0.1) is 29.7 Å². The number of para-hydroxylation sites is 1. The predicted molar refractivity (Wildman–Crippen MR) is 157 cm³/mol. The number of anilines is 2. The van der Waals surface area contributed by atoms with Crippen LogP contribution in [0.5, 0.6) is 5.75 Å². The summed E-state index contributed by atoms with van der Waals surface area (Å²) >= 11 is 0. The Hall–Kier alpha value is -4.18. The van der Waals surface area contributed by atoms with Gasteiger partial charge < -0.3 is 24.0 Å². The Morgan fingerprint density at radius 1 is 1.00 bits per heavy atom. The average molecular weight is 557 g/mol. The van der Waals surface area contributed by atoms with Crippen molar-refractivity contribution in [2.45, 2.75) is 26.8 Å². The molecule has 214 valence electrons. The summed E-state index contributed by atoms with van der Waals surface area (Å²) in [6.45, 7) is 10.3. The molecule has 4 aromatic rings. The first-order chi connectivity index (χ1) is 19.9. The smallest absolute Gasteiger partial charge is 0.331 e. The molecule has 0 N–H and O–H groups in total. The summed E-state index contributed by atoms with van der Waals surface area (Å²) in [7, 11) is 1.60. The SMILES string of the molecule is CCOC(=O)C(C(C)C)n1cc(N2CC3(CN(c4ccc5nnc(-c6ccccc6OCOC)cc5c4)C3)C2)cn1. The van der Waals surface area contributed by atoms with E-state index in [-0.39, 0.29) is 24.1 Å². The molecule has 2 aromatic heterocycles. The molecule has 2 saturated heterocycles. The normalized spacial score (nSPS) is 16.5. The molecule has 2 aromatic carbocycles. The molecule has 2 aliphatic heterocycles. The van der Waals surface area contributed by atoms with E-state index >= 15 is 0 Å². The van der Waals surface area contributed by atoms with Crippen LogP contribution in [0.3, 0.4) is 0 Å². The number of carbonyl (C=O) groups is 1. The highest BCUT2D eigenvalue weighted by atomic mass is 16.7. The first-order valence-electron chi connectivity index (χ1n) is 14.1. The predicted octanol–water partition coefficient (Wildman–Crippen LogP) is 4.56. The van der Waals surface area contributed by atoms with Crippen LogP contribution >= 0.6 is 0 Å². The Bertz CT molecular complexity index is 1540. The van der Waals surface area contributed by atoms with E-state index in [9.17, 15) is 4.79 Å². The van der Waals surface area contributed by atoms with Crippen molar-refractivity contribution in [3.63, 3.8) is 0 Å². The van der Waals surface area contributed by atoms with Crippen molar-refractivity contribution in [2.75, 3.05) is 56.5 Å². The van der Waals surface area contributed by atoms with Crippen LogP contribution in [0.15, 0.2) is 60.9 Å². The highest BCUT2D eigenvalue weighted by Crippen LogP contribution is 2.44. The summed E-state index contributed by atoms with van der Waals surface area (Å²) < 4.78 is 17.9. The van der Waals surface area contributed by atoms with Crippen molar-refractivity contribution >= 4 is 28.2 Å². The van der Waals surface area contributed by atoms with E-state index in [4.69, 9.17) is 14.2 Å². The largest absolute Gasteiger partial charge is 0.467 e. The fraction of sp³-hybridized carbons (Fsp3) is 0.419. The molecule has 0 aliphatic carbocycles. The van der Waals surface area contributed by atoms with Gasteiger partial charge in [-0.3, -0.25) is 4.68 Å². The summed E-state index contributed by atoms with van der Waals surface area (Å²) in [5.41, 5.74) is 5.01. The molecule has 1 unspecified atom stereocenters. The van der Waals surface area contributed by atoms with Gasteiger partial charge in [-0.15, -0.1) is 10.2 Å². The van der Waals surface area contributed by atoms with Crippen molar-refractivity contribution in [3.05, 3.63) is 60.9 Å². The number of carbonyl (C=O) groups excluding carboxylic acids is 1. The molecule has 6 rings (SSSR count). The lowest BCUT2D eigenvalue weighted by molar-refractivity contribution is -0.149. The molecule has 0 radical (unpaired) electrons. The molecule has 41 heavy (non-hydrogen) atoms. The molecule has 1 atom stereocenters. The second kappa shape index (κ2) is 11.0. The third-order valence-electron chi connectivity index (χ3n) is 7.93. The van der Waals surface area contributed by atoms with E-state index in [0.29, 0.717) is 12.4 Å². The fourth-order valence-electron chi connectivity index (χ4n) is 5.94. The summed E-state index contributed by atoms with van der Waals surface area (Å²) in [4.78, 5) is 17.2. The zero-order chi connectivity index (χ0) is 28.6. The molecule has 1 spiro atoms. The van der Waals surface area contributed by atoms with Gasteiger partial charge in [-0.05, 0) is 49.2 Å². The van der Waals surface area contributed by atoms with Crippen molar-refractivity contribution in [1.82, 2.24) is 20.0 Å². The van der Waals surface area contributed by atoms with Crippen LogP contribution in [0.2, 0.25) is 0 Å². The lowest BCUT2D eigenvalue weighted by Crippen LogP contribution is -2.72. The average Bonchev–Trinajstić information content (AvgIpc) is 3.39. The van der Waals surface area contributed by atoms with Crippen molar-refractivity contribution in [1.29, 1.82) is 0 Å². The van der Waals surface area contributed by atoms with Crippen LogP contribution in [-0.2, 0) is 14.3 Å². The van der Waals surface area contributed by atoms with Crippen molar-refractivity contribution in [3.8, 4) is 17.0 Å². The second-order valence-corrected chi connectivity index (χ2v) is 11.4. The van der Waals surface area contributed by atoms with E-state index in [0.717, 1.165) is 54.0 Å². The topological polar surface area (TPSA) is 94.8 Å². The van der Waals surface area contributed by atoms with Crippen LogP contribution in [0.25, 0.3) is 22.2 Å². The number of nitrogens with zero attached hydrogens (tertiary/aromatic N) is 6. The van der Waals surface area contributed by atoms with Gasteiger partial charge in [0, 0.05) is 61.5 Å². The van der Waals surface area contributed by atoms with Crippen LogP contribution in [0.4, 0.5) is 11.4 Å². The fourth-order valence-corrected chi connectivity index (χ4v) is 5.94. The van der Waals surface area contributed by atoms with Crippen LogP contribution in [0.1, 0.15) is 26.8 Å². The number of hydrogen-bond acceptors (Lipinski definition) is 9. The Kier molecular flexibility index (Phi) is 7.25. The summed E-state index contributed by atoms with van der Waals surface area (Å²) in [5, 5.41) is 14.5. The summed E-state index contributed by atoms with van der Waals surface area (Å²) in [5.74, 6) is 0.570. The molecule has 4 heterocycles. The maximum atomic E-state index is 12.5. The number of aromatic nitrogens is 4. The highest BCUT2D eigenvalue weighted by Gasteiger charge is 2.52. The molecule has 10 heteroatoms. The molecular weight excluding hydrogens is 520 g/mol. The summed E-state index contributed by atoms with van der Waals surface area (Å²) in [6, 6.07) is 15.8. The highest BCUT2D eigenvalue weighted by molar-refractivity contribution is 5.86. The quantitative estimate of drug-likeness (QED) is 0.206. The van der Waals surface area contributed by atoms with Crippen LogP contribution in [0, 0.1) is 11.3 Å². The van der Waals surface area contributed by atoms with E-state index in [2.05, 4.69) is 43.3 Å². The molecule has 2 aliphatic rings. The second-order valence-electron chi connectivity index (χ2n) is 11.4. The van der Waals surface area contributed by atoms with Gasteiger partial charge in [-0.2, -0.15) is 5.10 Å². The maximum absolute atomic E-state index is 12.5. The van der Waals surface area contributed by atoms with Crippen molar-refractivity contribution < 1.29 is 19.0 Å². The number of methoxy groups -OCH3 is 1. The Labute approximate surface area is 239 Å². The van der Waals surface area contributed by atoms with E-state index in [1.165, 1.54) is 5.69 Å². The van der Waals surface area contributed by atoms with Crippen LogP contribution < -0.4 is 14.5 Å². The Morgan fingerprint density at radius 2 is 1.76 bits per heavy atom. The third-order valence-corrected chi connectivity index (χ3v) is 7.93. The Balaban J connectivity index is 1.11. The molecule has 0 bridgehead atoms. The monoisotopic (exact) mass is 556 g/mol. The molecule has 2 fully saturated rings. The summed E-state index contributed by atoms with van der Waals surface area (Å²) in [6.07, 6.45) is 3.84. The van der Waals surface area contributed by atoms with E-state index in [1.807, 2.05) is 63.5 Å². The lowest BCUT2D eigenvalue weighted by atomic mass is 9.72. The van der Waals surface area contributed by atoms with Gasteiger partial charge in [-0.25, -0.2) is 4.79 Å². The Morgan fingerprint density at radius 3 is 2.49 bits per heavy atom. The van der Waals surface area contributed by atoms with E-state index < -0.39 is 6.04 Å². The minimum Gasteiger partial charge on any atom is -0.467 e. The van der Waals surface area contributed by atoms with Gasteiger partial charge in [0.25, 0.3) is 0 Å². The molecule has 0 saturated carbocycles. The minimum absolute atomic E-state index is 0.0903. The number of rotatable bonds is 10.